The predicted octanol–water partition coefficient (Wildman–Crippen LogP) is 2.67. The molecule has 1 aliphatic rings. The molecule has 2 atom stereocenters. The molecule has 26 heavy (non-hydrogen) atoms. The Labute approximate surface area is 148 Å². The zero-order chi connectivity index (χ0) is 19.3. The zero-order valence-corrected chi connectivity index (χ0v) is 14.3. The molecule has 1 fully saturated rings. The minimum Gasteiger partial charge on any atom is -0.467 e. The molecule has 142 valence electrons. The molecule has 1 amide bonds. The van der Waals surface area contributed by atoms with Gasteiger partial charge in [-0.25, -0.2) is 4.79 Å². The van der Waals surface area contributed by atoms with Crippen LogP contribution in [0.3, 0.4) is 0 Å². The number of rotatable bonds is 5. The minimum absolute atomic E-state index is 0.0160. The van der Waals surface area contributed by atoms with E-state index < -0.39 is 29.7 Å². The molecule has 1 saturated carbocycles. The second-order valence-corrected chi connectivity index (χ2v) is 6.34. The fourth-order valence-corrected chi connectivity index (χ4v) is 3.11. The number of ether oxygens (including phenoxy) is 1. The molecule has 1 aromatic carbocycles. The van der Waals surface area contributed by atoms with Crippen LogP contribution in [0, 0.1) is 5.92 Å². The molecule has 0 aromatic heterocycles. The van der Waals surface area contributed by atoms with Crippen molar-refractivity contribution >= 4 is 17.7 Å². The number of carbonyl (C=O) groups is 3. The Morgan fingerprint density at radius 2 is 2.08 bits per heavy atom. The van der Waals surface area contributed by atoms with Crippen molar-refractivity contribution in [1.29, 1.82) is 0 Å². The summed E-state index contributed by atoms with van der Waals surface area (Å²) in [5, 5.41) is 2.52. The quantitative estimate of drug-likeness (QED) is 0.808. The summed E-state index contributed by atoms with van der Waals surface area (Å²) >= 11 is 0. The monoisotopic (exact) mass is 371 g/mol. The summed E-state index contributed by atoms with van der Waals surface area (Å²) in [5.74, 6) is -1.61. The minimum atomic E-state index is -4.50. The van der Waals surface area contributed by atoms with Crippen molar-refractivity contribution < 1.29 is 32.3 Å². The number of alkyl halides is 3. The number of amides is 1. The van der Waals surface area contributed by atoms with Crippen molar-refractivity contribution in [3.8, 4) is 0 Å². The topological polar surface area (TPSA) is 72.5 Å². The first-order valence-electron chi connectivity index (χ1n) is 8.25. The lowest BCUT2D eigenvalue weighted by atomic mass is 9.83. The highest BCUT2D eigenvalue weighted by molar-refractivity contribution is 5.87. The number of carbonyl (C=O) groups excluding carboxylic acids is 3. The summed E-state index contributed by atoms with van der Waals surface area (Å²) in [4.78, 5) is 35.9. The number of ketones is 1. The number of hydrogen-bond donors (Lipinski definition) is 1. The van der Waals surface area contributed by atoms with E-state index in [1.165, 1.54) is 19.2 Å². The standard InChI is InChI=1S/C18H20F3NO4/c1-26-17(25)16(12-5-3-7-14(23)10-12)22-15(24)9-11-4-2-6-13(8-11)18(19,20)21/h2,4,6,8,12,16H,3,5,7,9-10H2,1H3,(H,22,24)/t12-,16-/m1/s1. The van der Waals surface area contributed by atoms with Gasteiger partial charge in [-0.05, 0) is 30.4 Å². The van der Waals surface area contributed by atoms with Crippen LogP contribution < -0.4 is 5.32 Å². The lowest BCUT2D eigenvalue weighted by Gasteiger charge is -2.28. The first-order valence-corrected chi connectivity index (χ1v) is 8.25. The molecule has 0 heterocycles. The number of halogens is 3. The van der Waals surface area contributed by atoms with E-state index in [2.05, 4.69) is 5.32 Å². The van der Waals surface area contributed by atoms with E-state index in [1.54, 1.807) is 0 Å². The van der Waals surface area contributed by atoms with Crippen molar-refractivity contribution in [1.82, 2.24) is 5.32 Å². The van der Waals surface area contributed by atoms with Crippen LogP contribution in [0.15, 0.2) is 24.3 Å². The Bertz CT molecular complexity index is 687. The molecule has 8 heteroatoms. The first kappa shape index (κ1) is 19.9. The van der Waals surface area contributed by atoms with Gasteiger partial charge in [-0.1, -0.05) is 18.2 Å². The van der Waals surface area contributed by atoms with Crippen LogP contribution in [0.2, 0.25) is 0 Å². The molecule has 0 unspecified atom stereocenters. The maximum Gasteiger partial charge on any atom is 0.416 e. The molecule has 1 aromatic rings. The van der Waals surface area contributed by atoms with E-state index >= 15 is 0 Å². The average molecular weight is 371 g/mol. The molecular formula is C18H20F3NO4. The van der Waals surface area contributed by atoms with E-state index in [0.29, 0.717) is 19.3 Å². The Morgan fingerprint density at radius 3 is 2.69 bits per heavy atom. The third-order valence-corrected chi connectivity index (χ3v) is 4.38. The normalized spacial score (nSPS) is 18.9. The smallest absolute Gasteiger partial charge is 0.416 e. The van der Waals surface area contributed by atoms with Crippen molar-refractivity contribution in [2.45, 2.75) is 44.3 Å². The van der Waals surface area contributed by atoms with Gasteiger partial charge in [-0.15, -0.1) is 0 Å². The van der Waals surface area contributed by atoms with Gasteiger partial charge >= 0.3 is 12.1 Å². The Morgan fingerprint density at radius 1 is 1.35 bits per heavy atom. The molecule has 1 N–H and O–H groups in total. The summed E-state index contributed by atoms with van der Waals surface area (Å²) < 4.78 is 43.0. The fraction of sp³-hybridized carbons (Fsp3) is 0.500. The highest BCUT2D eigenvalue weighted by Gasteiger charge is 2.34. The second-order valence-electron chi connectivity index (χ2n) is 6.34. The number of esters is 1. The van der Waals surface area contributed by atoms with Crippen molar-refractivity contribution in [2.75, 3.05) is 7.11 Å². The molecule has 2 rings (SSSR count). The SMILES string of the molecule is COC(=O)[C@H](NC(=O)Cc1cccc(C(F)(F)F)c1)[C@@H]1CCCC(=O)C1. The zero-order valence-electron chi connectivity index (χ0n) is 14.3. The second kappa shape index (κ2) is 8.33. The van der Waals surface area contributed by atoms with Crippen LogP contribution in [-0.2, 0) is 31.7 Å². The summed E-state index contributed by atoms with van der Waals surface area (Å²) in [5.41, 5.74) is -0.661. The molecule has 5 nitrogen and oxygen atoms in total. The average Bonchev–Trinajstić information content (AvgIpc) is 2.58. The third-order valence-electron chi connectivity index (χ3n) is 4.38. The Balaban J connectivity index is 2.07. The van der Waals surface area contributed by atoms with Gasteiger partial charge in [0.2, 0.25) is 5.91 Å². The van der Waals surface area contributed by atoms with Crippen molar-refractivity contribution in [3.63, 3.8) is 0 Å². The van der Waals surface area contributed by atoms with Crippen LogP contribution in [0.4, 0.5) is 13.2 Å². The molecule has 0 saturated heterocycles. The lowest BCUT2D eigenvalue weighted by molar-refractivity contribution is -0.147. The van der Waals surface area contributed by atoms with E-state index in [9.17, 15) is 27.6 Å². The number of hydrogen-bond acceptors (Lipinski definition) is 4. The number of nitrogens with one attached hydrogen (secondary N) is 1. The van der Waals surface area contributed by atoms with Gasteiger partial charge in [0.15, 0.2) is 0 Å². The Hall–Kier alpha value is -2.38. The summed E-state index contributed by atoms with van der Waals surface area (Å²) in [6, 6.07) is 3.47. The highest BCUT2D eigenvalue weighted by Crippen LogP contribution is 2.29. The maximum absolute atomic E-state index is 12.8. The molecule has 0 radical (unpaired) electrons. The fourth-order valence-electron chi connectivity index (χ4n) is 3.11. The third kappa shape index (κ3) is 5.31. The molecule has 0 aliphatic heterocycles. The lowest BCUT2D eigenvalue weighted by Crippen LogP contribution is -2.48. The Kier molecular flexibility index (Phi) is 6.39. The van der Waals surface area contributed by atoms with Crippen molar-refractivity contribution in [2.24, 2.45) is 5.92 Å². The van der Waals surface area contributed by atoms with Gasteiger partial charge in [-0.2, -0.15) is 13.2 Å². The van der Waals surface area contributed by atoms with E-state index in [1.807, 2.05) is 0 Å². The van der Waals surface area contributed by atoms with Gasteiger partial charge in [0.1, 0.15) is 11.8 Å². The van der Waals surface area contributed by atoms with Crippen LogP contribution in [0.5, 0.6) is 0 Å². The van der Waals surface area contributed by atoms with E-state index in [-0.39, 0.29) is 30.1 Å². The predicted molar refractivity (Wildman–Crippen MR) is 86.1 cm³/mol. The molecule has 1 aliphatic carbocycles. The van der Waals surface area contributed by atoms with Crippen LogP contribution in [-0.4, -0.2) is 30.8 Å². The number of Topliss-reactive ketones (excluding diaryl/α,β-unsaturated/α-hetero) is 1. The largest absolute Gasteiger partial charge is 0.467 e. The highest BCUT2D eigenvalue weighted by atomic mass is 19.4. The van der Waals surface area contributed by atoms with Gasteiger partial charge in [0.25, 0.3) is 0 Å². The summed E-state index contributed by atoms with van der Waals surface area (Å²) in [6.45, 7) is 0. The summed E-state index contributed by atoms with van der Waals surface area (Å²) in [7, 11) is 1.18. The van der Waals surface area contributed by atoms with E-state index in [0.717, 1.165) is 12.1 Å². The van der Waals surface area contributed by atoms with Gasteiger partial charge < -0.3 is 10.1 Å². The van der Waals surface area contributed by atoms with Crippen LogP contribution in [0.1, 0.15) is 36.8 Å². The summed E-state index contributed by atoms with van der Waals surface area (Å²) in [6.07, 6.45) is -2.97. The molecular weight excluding hydrogens is 351 g/mol. The van der Waals surface area contributed by atoms with Crippen LogP contribution >= 0.6 is 0 Å². The first-order chi connectivity index (χ1) is 12.2. The molecule has 0 spiro atoms. The number of benzene rings is 1. The van der Waals surface area contributed by atoms with Gasteiger partial charge in [0, 0.05) is 12.8 Å². The number of methoxy groups -OCH3 is 1. The van der Waals surface area contributed by atoms with Crippen LogP contribution in [0.25, 0.3) is 0 Å². The van der Waals surface area contributed by atoms with Gasteiger partial charge in [-0.3, -0.25) is 9.59 Å². The van der Waals surface area contributed by atoms with E-state index in [4.69, 9.17) is 4.74 Å². The van der Waals surface area contributed by atoms with Crippen molar-refractivity contribution in [3.05, 3.63) is 35.4 Å². The maximum atomic E-state index is 12.8. The van der Waals surface area contributed by atoms with Gasteiger partial charge in [0.05, 0.1) is 19.1 Å². The molecule has 0 bridgehead atoms.